The molecule has 2 aliphatic rings. The fourth-order valence-electron chi connectivity index (χ4n) is 3.81. The number of piperidine rings is 2. The first kappa shape index (κ1) is 20.2. The van der Waals surface area contributed by atoms with Gasteiger partial charge in [0.15, 0.2) is 0 Å². The molecule has 0 aromatic heterocycles. The van der Waals surface area contributed by atoms with Gasteiger partial charge < -0.3 is 16.0 Å². The summed E-state index contributed by atoms with van der Waals surface area (Å²) in [6, 6.07) is 0. The Morgan fingerprint density at radius 3 is 2.74 bits per heavy atom. The molecule has 2 heterocycles. The van der Waals surface area contributed by atoms with Crippen LogP contribution in [0, 0.1) is 17.8 Å². The van der Waals surface area contributed by atoms with E-state index in [4.69, 9.17) is 5.73 Å². The Morgan fingerprint density at radius 2 is 2.09 bits per heavy atom. The van der Waals surface area contributed by atoms with Crippen LogP contribution in [0.25, 0.3) is 0 Å². The van der Waals surface area contributed by atoms with Crippen LogP contribution in [0.3, 0.4) is 0 Å². The van der Waals surface area contributed by atoms with E-state index in [9.17, 15) is 9.59 Å². The maximum absolute atomic E-state index is 12.5. The van der Waals surface area contributed by atoms with Crippen molar-refractivity contribution in [2.45, 2.75) is 51.9 Å². The van der Waals surface area contributed by atoms with Gasteiger partial charge >= 0.3 is 0 Å². The van der Waals surface area contributed by atoms with Gasteiger partial charge in [0.1, 0.15) is 0 Å². The van der Waals surface area contributed by atoms with Crippen LogP contribution in [0.5, 0.6) is 0 Å². The van der Waals surface area contributed by atoms with E-state index in [-0.39, 0.29) is 18.3 Å². The lowest BCUT2D eigenvalue weighted by Crippen LogP contribution is -2.42. The number of hydrogen-bond donors (Lipinski definition) is 2. The number of nitrogens with one attached hydrogen (secondary N) is 1. The molecule has 0 aromatic rings. The molecule has 0 saturated carbocycles. The fourth-order valence-corrected chi connectivity index (χ4v) is 3.81. The highest BCUT2D eigenvalue weighted by atomic mass is 35.5. The molecule has 23 heavy (non-hydrogen) atoms. The zero-order valence-electron chi connectivity index (χ0n) is 14.3. The highest BCUT2D eigenvalue weighted by Gasteiger charge is 2.27. The van der Waals surface area contributed by atoms with E-state index in [1.807, 2.05) is 4.90 Å². The maximum atomic E-state index is 12.5. The molecule has 3 N–H and O–H groups in total. The summed E-state index contributed by atoms with van der Waals surface area (Å²) in [5.74, 6) is 1.58. The van der Waals surface area contributed by atoms with Crippen LogP contribution < -0.4 is 11.1 Å². The number of carbonyl (C=O) groups excluding carboxylic acids is 2. The number of likely N-dealkylation sites (tertiary alicyclic amines) is 1. The normalized spacial score (nSPS) is 26.2. The molecule has 0 bridgehead atoms. The summed E-state index contributed by atoms with van der Waals surface area (Å²) < 4.78 is 0. The molecule has 134 valence electrons. The van der Waals surface area contributed by atoms with Crippen molar-refractivity contribution in [3.63, 3.8) is 0 Å². The zero-order chi connectivity index (χ0) is 15.9. The molecule has 0 aromatic carbocycles. The maximum Gasteiger partial charge on any atom is 0.222 e. The molecule has 2 amide bonds. The summed E-state index contributed by atoms with van der Waals surface area (Å²) in [5, 5.41) is 3.43. The summed E-state index contributed by atoms with van der Waals surface area (Å²) in [7, 11) is 0. The largest absolute Gasteiger partial charge is 0.370 e. The van der Waals surface area contributed by atoms with Crippen LogP contribution in [0.15, 0.2) is 0 Å². The second-order valence-corrected chi connectivity index (χ2v) is 7.14. The molecule has 2 saturated heterocycles. The molecule has 2 fully saturated rings. The van der Waals surface area contributed by atoms with Gasteiger partial charge in [-0.2, -0.15) is 0 Å². The topological polar surface area (TPSA) is 75.4 Å². The first-order valence-corrected chi connectivity index (χ1v) is 8.83. The average Bonchev–Trinajstić information content (AvgIpc) is 2.54. The van der Waals surface area contributed by atoms with E-state index >= 15 is 0 Å². The van der Waals surface area contributed by atoms with Gasteiger partial charge in [0, 0.05) is 25.9 Å². The van der Waals surface area contributed by atoms with Gasteiger partial charge in [0.2, 0.25) is 11.8 Å². The molecule has 6 heteroatoms. The van der Waals surface area contributed by atoms with Crippen molar-refractivity contribution >= 4 is 24.2 Å². The van der Waals surface area contributed by atoms with Crippen molar-refractivity contribution < 1.29 is 9.59 Å². The molecule has 0 spiro atoms. The van der Waals surface area contributed by atoms with E-state index in [1.54, 1.807) is 0 Å². The van der Waals surface area contributed by atoms with Crippen molar-refractivity contribution in [1.29, 1.82) is 0 Å². The van der Waals surface area contributed by atoms with Crippen LogP contribution >= 0.6 is 12.4 Å². The number of primary amides is 1. The Hall–Kier alpha value is -0.810. The van der Waals surface area contributed by atoms with E-state index in [0.29, 0.717) is 36.5 Å². The third-order valence-electron chi connectivity index (χ3n) is 5.31. The van der Waals surface area contributed by atoms with Crippen LogP contribution in [0.1, 0.15) is 51.9 Å². The van der Waals surface area contributed by atoms with Gasteiger partial charge in [-0.15, -0.1) is 12.4 Å². The van der Waals surface area contributed by atoms with Gasteiger partial charge in [0.25, 0.3) is 0 Å². The smallest absolute Gasteiger partial charge is 0.222 e. The monoisotopic (exact) mass is 345 g/mol. The van der Waals surface area contributed by atoms with E-state index in [0.717, 1.165) is 45.4 Å². The Labute approximate surface area is 146 Å². The summed E-state index contributed by atoms with van der Waals surface area (Å²) >= 11 is 0. The second kappa shape index (κ2) is 10.1. The minimum absolute atomic E-state index is 0. The zero-order valence-corrected chi connectivity index (χ0v) is 15.1. The SMILES string of the molecule is CC(CC(=O)N1CCCC(CCC(N)=O)C1)C1CCCNC1.Cl. The lowest BCUT2D eigenvalue weighted by Gasteiger charge is -2.35. The summed E-state index contributed by atoms with van der Waals surface area (Å²) in [6.45, 7) is 6.06. The average molecular weight is 346 g/mol. The number of nitrogens with two attached hydrogens (primary N) is 1. The number of rotatable bonds is 6. The van der Waals surface area contributed by atoms with Crippen LogP contribution in [-0.2, 0) is 9.59 Å². The van der Waals surface area contributed by atoms with Gasteiger partial charge in [0.05, 0.1) is 0 Å². The Balaban J connectivity index is 0.00000264. The van der Waals surface area contributed by atoms with Gasteiger partial charge in [-0.1, -0.05) is 6.92 Å². The number of nitrogens with zero attached hydrogens (tertiary/aromatic N) is 1. The highest BCUT2D eigenvalue weighted by Crippen LogP contribution is 2.26. The van der Waals surface area contributed by atoms with E-state index in [1.165, 1.54) is 12.8 Å². The molecular formula is C17H32ClN3O2. The third-order valence-corrected chi connectivity index (χ3v) is 5.31. The predicted octanol–water partition coefficient (Wildman–Crippen LogP) is 1.94. The van der Waals surface area contributed by atoms with Crippen molar-refractivity contribution in [3.05, 3.63) is 0 Å². The quantitative estimate of drug-likeness (QED) is 0.772. The lowest BCUT2D eigenvalue weighted by molar-refractivity contribution is -0.134. The molecule has 0 radical (unpaired) electrons. The van der Waals surface area contributed by atoms with Crippen LogP contribution in [0.4, 0.5) is 0 Å². The van der Waals surface area contributed by atoms with E-state index < -0.39 is 0 Å². The Kier molecular flexibility index (Phi) is 8.92. The number of halogens is 1. The molecule has 2 rings (SSSR count). The van der Waals surface area contributed by atoms with Crippen molar-refractivity contribution in [1.82, 2.24) is 10.2 Å². The second-order valence-electron chi connectivity index (χ2n) is 7.14. The molecule has 5 nitrogen and oxygen atoms in total. The number of hydrogen-bond acceptors (Lipinski definition) is 3. The molecular weight excluding hydrogens is 314 g/mol. The first-order valence-electron chi connectivity index (χ1n) is 8.83. The number of carbonyl (C=O) groups is 2. The van der Waals surface area contributed by atoms with E-state index in [2.05, 4.69) is 12.2 Å². The molecule has 3 atom stereocenters. The number of amides is 2. The van der Waals surface area contributed by atoms with Gasteiger partial charge in [-0.25, -0.2) is 0 Å². The summed E-state index contributed by atoms with van der Waals surface area (Å²) in [5.41, 5.74) is 5.23. The summed E-state index contributed by atoms with van der Waals surface area (Å²) in [4.78, 5) is 25.5. The molecule has 2 aliphatic heterocycles. The lowest BCUT2D eigenvalue weighted by atomic mass is 9.84. The standard InChI is InChI=1S/C17H31N3O2.ClH/c1-13(15-5-2-8-19-11-15)10-17(22)20-9-3-4-14(12-20)6-7-16(18)21;/h13-15,19H,2-12H2,1H3,(H2,18,21);1H. The molecule has 0 aliphatic carbocycles. The Bertz CT molecular complexity index is 386. The minimum atomic E-state index is -0.234. The van der Waals surface area contributed by atoms with Crippen molar-refractivity contribution in [2.24, 2.45) is 23.5 Å². The van der Waals surface area contributed by atoms with Crippen molar-refractivity contribution in [2.75, 3.05) is 26.2 Å². The first-order chi connectivity index (χ1) is 10.6. The van der Waals surface area contributed by atoms with Crippen molar-refractivity contribution in [3.8, 4) is 0 Å². The minimum Gasteiger partial charge on any atom is -0.370 e. The van der Waals surface area contributed by atoms with Gasteiger partial charge in [-0.3, -0.25) is 9.59 Å². The van der Waals surface area contributed by atoms with Crippen LogP contribution in [0.2, 0.25) is 0 Å². The summed E-state index contributed by atoms with van der Waals surface area (Å²) in [6.07, 6.45) is 6.55. The van der Waals surface area contributed by atoms with Crippen LogP contribution in [-0.4, -0.2) is 42.9 Å². The highest BCUT2D eigenvalue weighted by molar-refractivity contribution is 5.85. The predicted molar refractivity (Wildman–Crippen MR) is 94.4 cm³/mol. The fraction of sp³-hybridized carbons (Fsp3) is 0.882. The van der Waals surface area contributed by atoms with Gasteiger partial charge in [-0.05, 0) is 62.9 Å². The third kappa shape index (κ3) is 6.68. The molecule has 3 unspecified atom stereocenters. The Morgan fingerprint density at radius 1 is 1.30 bits per heavy atom.